The molecule has 0 heterocycles. The molecular formula is C19H25N. The molecule has 0 aliphatic rings. The third-order valence-electron chi connectivity index (χ3n) is 3.88. The third kappa shape index (κ3) is 2.58. The fraction of sp³-hybridized carbons (Fsp3) is 0.368. The van der Waals surface area contributed by atoms with Crippen molar-refractivity contribution in [2.45, 2.75) is 47.6 Å². The van der Waals surface area contributed by atoms with Gasteiger partial charge in [-0.25, -0.2) is 0 Å². The van der Waals surface area contributed by atoms with E-state index in [0.717, 1.165) is 0 Å². The van der Waals surface area contributed by atoms with E-state index >= 15 is 0 Å². The van der Waals surface area contributed by atoms with Gasteiger partial charge in [0.15, 0.2) is 0 Å². The van der Waals surface area contributed by atoms with Gasteiger partial charge in [0.25, 0.3) is 0 Å². The Morgan fingerprint density at radius 3 is 1.20 bits per heavy atom. The fourth-order valence-corrected chi connectivity index (χ4v) is 3.00. The molecule has 2 aromatic rings. The van der Waals surface area contributed by atoms with Gasteiger partial charge in [0.2, 0.25) is 0 Å². The second-order valence-electron chi connectivity index (χ2n) is 5.94. The van der Waals surface area contributed by atoms with Crippen LogP contribution in [-0.2, 0) is 0 Å². The summed E-state index contributed by atoms with van der Waals surface area (Å²) in [5, 5.41) is 0. The molecule has 0 aliphatic heterocycles. The minimum Gasteiger partial charge on any atom is -0.338 e. The molecule has 2 aromatic carbocycles. The van der Waals surface area contributed by atoms with Crippen LogP contribution in [-0.4, -0.2) is 6.04 Å². The van der Waals surface area contributed by atoms with Crippen molar-refractivity contribution in [1.82, 2.24) is 0 Å². The largest absolute Gasteiger partial charge is 0.338 e. The van der Waals surface area contributed by atoms with Crippen molar-refractivity contribution in [2.75, 3.05) is 4.90 Å². The lowest BCUT2D eigenvalue weighted by atomic mass is 10.0. The zero-order valence-electron chi connectivity index (χ0n) is 13.5. The zero-order chi connectivity index (χ0) is 14.9. The van der Waals surface area contributed by atoms with Crippen LogP contribution in [0.15, 0.2) is 36.4 Å². The molecule has 0 fully saturated rings. The Labute approximate surface area is 123 Å². The Kier molecular flexibility index (Phi) is 4.17. The molecular weight excluding hydrogens is 242 g/mol. The maximum Gasteiger partial charge on any atom is 0.0472 e. The highest BCUT2D eigenvalue weighted by molar-refractivity contribution is 5.74. The topological polar surface area (TPSA) is 3.24 Å². The van der Waals surface area contributed by atoms with Gasteiger partial charge in [0, 0.05) is 17.4 Å². The number of nitrogens with zero attached hydrogens (tertiary/aromatic N) is 1. The first kappa shape index (κ1) is 14.6. The molecule has 20 heavy (non-hydrogen) atoms. The van der Waals surface area contributed by atoms with Gasteiger partial charge in [0.05, 0.1) is 0 Å². The SMILES string of the molecule is Cc1cccc(C)c1N(c1c(C)cccc1C)C(C)C. The quantitative estimate of drug-likeness (QED) is 0.713. The van der Waals surface area contributed by atoms with Crippen molar-refractivity contribution < 1.29 is 0 Å². The van der Waals surface area contributed by atoms with Gasteiger partial charge in [0.1, 0.15) is 0 Å². The van der Waals surface area contributed by atoms with Gasteiger partial charge in [-0.2, -0.15) is 0 Å². The first-order chi connectivity index (χ1) is 9.43. The average molecular weight is 267 g/mol. The predicted octanol–water partition coefficient (Wildman–Crippen LogP) is 5.47. The monoisotopic (exact) mass is 267 g/mol. The predicted molar refractivity (Wildman–Crippen MR) is 89.1 cm³/mol. The van der Waals surface area contributed by atoms with E-state index in [4.69, 9.17) is 0 Å². The van der Waals surface area contributed by atoms with Crippen LogP contribution in [0.5, 0.6) is 0 Å². The van der Waals surface area contributed by atoms with Crippen LogP contribution in [0.4, 0.5) is 11.4 Å². The van der Waals surface area contributed by atoms with Crippen molar-refractivity contribution in [1.29, 1.82) is 0 Å². The van der Waals surface area contributed by atoms with Gasteiger partial charge in [-0.15, -0.1) is 0 Å². The van der Waals surface area contributed by atoms with Crippen LogP contribution in [0.2, 0.25) is 0 Å². The highest BCUT2D eigenvalue weighted by Gasteiger charge is 2.20. The molecule has 0 saturated heterocycles. The summed E-state index contributed by atoms with van der Waals surface area (Å²) >= 11 is 0. The smallest absolute Gasteiger partial charge is 0.0472 e. The Morgan fingerprint density at radius 1 is 0.650 bits per heavy atom. The van der Waals surface area contributed by atoms with Crippen LogP contribution in [0, 0.1) is 27.7 Å². The normalized spacial score (nSPS) is 10.9. The number of aryl methyl sites for hydroxylation is 4. The lowest BCUT2D eigenvalue weighted by molar-refractivity contribution is 0.779. The number of rotatable bonds is 3. The summed E-state index contributed by atoms with van der Waals surface area (Å²) in [4.78, 5) is 2.48. The van der Waals surface area contributed by atoms with Gasteiger partial charge < -0.3 is 4.90 Å². The molecule has 1 heteroatoms. The van der Waals surface area contributed by atoms with Crippen LogP contribution >= 0.6 is 0 Å². The summed E-state index contributed by atoms with van der Waals surface area (Å²) in [6.45, 7) is 13.3. The standard InChI is InChI=1S/C19H25N/c1-13(2)20(18-14(3)9-7-10-15(18)4)19-16(5)11-8-12-17(19)6/h7-13H,1-6H3. The van der Waals surface area contributed by atoms with E-state index in [1.807, 2.05) is 0 Å². The highest BCUT2D eigenvalue weighted by atomic mass is 15.2. The number of para-hydroxylation sites is 2. The number of hydrogen-bond acceptors (Lipinski definition) is 1. The molecule has 0 spiro atoms. The molecule has 0 unspecified atom stereocenters. The lowest BCUT2D eigenvalue weighted by Gasteiger charge is -2.34. The highest BCUT2D eigenvalue weighted by Crippen LogP contribution is 2.37. The first-order valence-electron chi connectivity index (χ1n) is 7.35. The third-order valence-corrected chi connectivity index (χ3v) is 3.88. The zero-order valence-corrected chi connectivity index (χ0v) is 13.5. The van der Waals surface area contributed by atoms with Crippen molar-refractivity contribution in [3.63, 3.8) is 0 Å². The van der Waals surface area contributed by atoms with Crippen LogP contribution in [0.25, 0.3) is 0 Å². The summed E-state index contributed by atoms with van der Waals surface area (Å²) in [5.41, 5.74) is 8.03. The van der Waals surface area contributed by atoms with Gasteiger partial charge in [-0.1, -0.05) is 36.4 Å². The van der Waals surface area contributed by atoms with Crippen molar-refractivity contribution in [2.24, 2.45) is 0 Å². The number of anilines is 2. The number of benzene rings is 2. The molecule has 0 atom stereocenters. The average Bonchev–Trinajstić information content (AvgIpc) is 2.35. The maximum atomic E-state index is 2.48. The summed E-state index contributed by atoms with van der Waals surface area (Å²) in [5.74, 6) is 0. The van der Waals surface area contributed by atoms with E-state index in [2.05, 4.69) is 82.8 Å². The van der Waals surface area contributed by atoms with E-state index in [1.54, 1.807) is 0 Å². The first-order valence-corrected chi connectivity index (χ1v) is 7.35. The summed E-state index contributed by atoms with van der Waals surface area (Å²) in [7, 11) is 0. The van der Waals surface area contributed by atoms with E-state index < -0.39 is 0 Å². The molecule has 0 aromatic heterocycles. The second kappa shape index (κ2) is 5.70. The van der Waals surface area contributed by atoms with E-state index in [1.165, 1.54) is 33.6 Å². The minimum atomic E-state index is 0.426. The number of hydrogen-bond donors (Lipinski definition) is 0. The van der Waals surface area contributed by atoms with Gasteiger partial charge >= 0.3 is 0 Å². The Morgan fingerprint density at radius 2 is 0.950 bits per heavy atom. The Hall–Kier alpha value is -1.76. The molecule has 2 rings (SSSR count). The van der Waals surface area contributed by atoms with Gasteiger partial charge in [-0.3, -0.25) is 0 Å². The van der Waals surface area contributed by atoms with Crippen LogP contribution < -0.4 is 4.90 Å². The summed E-state index contributed by atoms with van der Waals surface area (Å²) in [6, 6.07) is 13.5. The van der Waals surface area contributed by atoms with Crippen molar-refractivity contribution in [3.8, 4) is 0 Å². The molecule has 0 bridgehead atoms. The Balaban J connectivity index is 2.70. The molecule has 1 nitrogen and oxygen atoms in total. The van der Waals surface area contributed by atoms with E-state index in [9.17, 15) is 0 Å². The van der Waals surface area contributed by atoms with E-state index in [-0.39, 0.29) is 0 Å². The lowest BCUT2D eigenvalue weighted by Crippen LogP contribution is -2.28. The fourth-order valence-electron chi connectivity index (χ4n) is 3.00. The molecule has 0 saturated carbocycles. The summed E-state index contributed by atoms with van der Waals surface area (Å²) in [6.07, 6.45) is 0. The van der Waals surface area contributed by atoms with Gasteiger partial charge in [-0.05, 0) is 63.8 Å². The maximum absolute atomic E-state index is 2.48. The Bertz CT molecular complexity index is 519. The molecule has 0 N–H and O–H groups in total. The minimum absolute atomic E-state index is 0.426. The molecule has 0 radical (unpaired) electrons. The molecule has 0 amide bonds. The molecule has 106 valence electrons. The molecule has 0 aliphatic carbocycles. The van der Waals surface area contributed by atoms with E-state index in [0.29, 0.717) is 6.04 Å². The van der Waals surface area contributed by atoms with Crippen molar-refractivity contribution >= 4 is 11.4 Å². The van der Waals surface area contributed by atoms with Crippen LogP contribution in [0.3, 0.4) is 0 Å². The van der Waals surface area contributed by atoms with Crippen molar-refractivity contribution in [3.05, 3.63) is 58.7 Å². The summed E-state index contributed by atoms with van der Waals surface area (Å²) < 4.78 is 0. The van der Waals surface area contributed by atoms with Crippen LogP contribution in [0.1, 0.15) is 36.1 Å². The second-order valence-corrected chi connectivity index (χ2v) is 5.94.